The molecule has 0 atom stereocenters. The topological polar surface area (TPSA) is 89.5 Å². The zero-order valence-electron chi connectivity index (χ0n) is 17.2. The summed E-state index contributed by atoms with van der Waals surface area (Å²) < 4.78 is 10.3. The minimum absolute atomic E-state index is 0.112. The van der Waals surface area contributed by atoms with E-state index in [-0.39, 0.29) is 17.6 Å². The van der Waals surface area contributed by atoms with E-state index in [1.54, 1.807) is 26.4 Å². The predicted octanol–water partition coefficient (Wildman–Crippen LogP) is 3.93. The molecule has 0 saturated carbocycles. The average molecular weight is 458 g/mol. The number of ether oxygens (including phenoxy) is 2. The number of benzene rings is 2. The van der Waals surface area contributed by atoms with Crippen LogP contribution in [0.15, 0.2) is 58.8 Å². The quantitative estimate of drug-likeness (QED) is 0.354. The maximum Gasteiger partial charge on any atom is 0.258 e. The smallest absolute Gasteiger partial charge is 0.258 e. The highest BCUT2D eigenvalue weighted by Crippen LogP contribution is 2.32. The third-order valence-electron chi connectivity index (χ3n) is 4.23. The molecular weight excluding hydrogens is 434 g/mol. The molecule has 0 unspecified atom stereocenters. The Labute approximate surface area is 189 Å². The lowest BCUT2D eigenvalue weighted by molar-refractivity contribution is -0.118. The fraction of sp³-hybridized carbons (Fsp3) is 0.227. The van der Waals surface area contributed by atoms with E-state index in [0.29, 0.717) is 23.8 Å². The first-order valence-electron chi connectivity index (χ1n) is 9.50. The van der Waals surface area contributed by atoms with Crippen molar-refractivity contribution in [1.82, 2.24) is 10.3 Å². The summed E-state index contributed by atoms with van der Waals surface area (Å²) >= 11 is 2.65. The highest BCUT2D eigenvalue weighted by molar-refractivity contribution is 8.00. The minimum atomic E-state index is -0.274. The Hall–Kier alpha value is -2.88. The van der Waals surface area contributed by atoms with Crippen molar-refractivity contribution in [3.63, 3.8) is 0 Å². The first-order chi connectivity index (χ1) is 15.1. The van der Waals surface area contributed by atoms with Crippen LogP contribution < -0.4 is 15.4 Å². The Morgan fingerprint density at radius 3 is 2.68 bits per heavy atom. The second kappa shape index (κ2) is 11.5. The second-order valence-corrected chi connectivity index (χ2v) is 8.20. The number of amides is 2. The van der Waals surface area contributed by atoms with E-state index >= 15 is 0 Å². The van der Waals surface area contributed by atoms with Gasteiger partial charge in [-0.3, -0.25) is 14.9 Å². The summed E-state index contributed by atoms with van der Waals surface area (Å²) in [4.78, 5) is 30.1. The van der Waals surface area contributed by atoms with Gasteiger partial charge in [-0.1, -0.05) is 24.3 Å². The minimum Gasteiger partial charge on any atom is -0.496 e. The van der Waals surface area contributed by atoms with Crippen molar-refractivity contribution in [2.45, 2.75) is 4.90 Å². The monoisotopic (exact) mass is 457 g/mol. The summed E-state index contributed by atoms with van der Waals surface area (Å²) in [7, 11) is 3.19. The molecule has 2 N–H and O–H groups in total. The van der Waals surface area contributed by atoms with Gasteiger partial charge in [-0.2, -0.15) is 0 Å². The summed E-state index contributed by atoms with van der Waals surface area (Å²) in [6.07, 6.45) is 0. The maximum absolute atomic E-state index is 12.9. The molecule has 1 heterocycles. The molecule has 0 aliphatic heterocycles. The van der Waals surface area contributed by atoms with E-state index in [1.807, 2.05) is 41.8 Å². The van der Waals surface area contributed by atoms with Crippen LogP contribution in [0.1, 0.15) is 10.4 Å². The highest BCUT2D eigenvalue weighted by atomic mass is 32.2. The molecule has 7 nitrogen and oxygen atoms in total. The lowest BCUT2D eigenvalue weighted by Crippen LogP contribution is -2.28. The first-order valence-corrected chi connectivity index (χ1v) is 11.4. The van der Waals surface area contributed by atoms with Crippen LogP contribution >= 0.6 is 23.1 Å². The van der Waals surface area contributed by atoms with E-state index < -0.39 is 0 Å². The van der Waals surface area contributed by atoms with Crippen LogP contribution in [0.5, 0.6) is 5.75 Å². The standard InChI is InChI=1S/C22H23N3O4S2/c1-28-12-11-23-20(26)14-30-19-10-6-4-8-16(19)21(27)25-22-24-17(13-31-22)15-7-3-5-9-18(15)29-2/h3-10,13H,11-12,14H2,1-2H3,(H,23,26)(H,24,25,27). The van der Waals surface area contributed by atoms with Gasteiger partial charge in [-0.25, -0.2) is 4.98 Å². The molecule has 3 aromatic rings. The molecule has 2 amide bonds. The normalized spacial score (nSPS) is 10.5. The number of carbonyl (C=O) groups is 2. The number of methoxy groups -OCH3 is 2. The second-order valence-electron chi connectivity index (χ2n) is 6.32. The molecule has 31 heavy (non-hydrogen) atoms. The Bertz CT molecular complexity index is 1040. The van der Waals surface area contributed by atoms with Crippen molar-refractivity contribution in [3.8, 4) is 17.0 Å². The largest absolute Gasteiger partial charge is 0.496 e. The highest BCUT2D eigenvalue weighted by Gasteiger charge is 2.16. The molecule has 0 saturated heterocycles. The Balaban J connectivity index is 1.66. The van der Waals surface area contributed by atoms with E-state index in [1.165, 1.54) is 23.1 Å². The first kappa shape index (κ1) is 22.8. The summed E-state index contributed by atoms with van der Waals surface area (Å²) in [6.45, 7) is 0.913. The summed E-state index contributed by atoms with van der Waals surface area (Å²) in [5.74, 6) is 0.544. The third kappa shape index (κ3) is 6.30. The summed E-state index contributed by atoms with van der Waals surface area (Å²) in [5.41, 5.74) is 2.08. The van der Waals surface area contributed by atoms with Crippen LogP contribution in [0.25, 0.3) is 11.3 Å². The lowest BCUT2D eigenvalue weighted by Gasteiger charge is -2.09. The van der Waals surface area contributed by atoms with Gasteiger partial charge in [0.2, 0.25) is 5.91 Å². The molecule has 0 aliphatic carbocycles. The Kier molecular flexibility index (Phi) is 8.45. The number of hydrogen-bond donors (Lipinski definition) is 2. The van der Waals surface area contributed by atoms with Crippen LogP contribution in [-0.2, 0) is 9.53 Å². The number of thiazole rings is 1. The van der Waals surface area contributed by atoms with Crippen LogP contribution in [0.2, 0.25) is 0 Å². The SMILES string of the molecule is COCCNC(=O)CSc1ccccc1C(=O)Nc1nc(-c2ccccc2OC)cs1. The number of anilines is 1. The lowest BCUT2D eigenvalue weighted by atomic mass is 10.1. The van der Waals surface area contributed by atoms with Gasteiger partial charge in [0, 0.05) is 29.5 Å². The molecule has 0 aliphatic rings. The molecule has 2 aromatic carbocycles. The molecule has 3 rings (SSSR count). The molecule has 0 bridgehead atoms. The van der Waals surface area contributed by atoms with Crippen molar-refractivity contribution in [1.29, 1.82) is 0 Å². The maximum atomic E-state index is 12.9. The zero-order chi connectivity index (χ0) is 22.1. The molecule has 0 spiro atoms. The van der Waals surface area contributed by atoms with Crippen molar-refractivity contribution in [2.75, 3.05) is 38.4 Å². The Morgan fingerprint density at radius 2 is 1.87 bits per heavy atom. The van der Waals surface area contributed by atoms with Gasteiger partial charge in [-0.05, 0) is 24.3 Å². The summed E-state index contributed by atoms with van der Waals surface area (Å²) in [6, 6.07) is 14.8. The van der Waals surface area contributed by atoms with Gasteiger partial charge in [0.1, 0.15) is 5.75 Å². The third-order valence-corrected chi connectivity index (χ3v) is 6.06. The van der Waals surface area contributed by atoms with E-state index in [9.17, 15) is 9.59 Å². The van der Waals surface area contributed by atoms with Crippen molar-refractivity contribution < 1.29 is 19.1 Å². The number of carbonyl (C=O) groups excluding carboxylic acids is 2. The van der Waals surface area contributed by atoms with Crippen molar-refractivity contribution >= 4 is 40.0 Å². The van der Waals surface area contributed by atoms with E-state index in [2.05, 4.69) is 15.6 Å². The van der Waals surface area contributed by atoms with Gasteiger partial charge in [0.05, 0.1) is 30.7 Å². The van der Waals surface area contributed by atoms with Crippen molar-refractivity contribution in [3.05, 3.63) is 59.5 Å². The predicted molar refractivity (Wildman–Crippen MR) is 124 cm³/mol. The van der Waals surface area contributed by atoms with Crippen LogP contribution in [-0.4, -0.2) is 49.9 Å². The number of para-hydroxylation sites is 1. The van der Waals surface area contributed by atoms with Crippen LogP contribution in [0.3, 0.4) is 0 Å². The number of thioether (sulfide) groups is 1. The number of nitrogens with one attached hydrogen (secondary N) is 2. The number of hydrogen-bond acceptors (Lipinski definition) is 7. The molecule has 9 heteroatoms. The zero-order valence-corrected chi connectivity index (χ0v) is 18.8. The number of aromatic nitrogens is 1. The van der Waals surface area contributed by atoms with Crippen molar-refractivity contribution in [2.24, 2.45) is 0 Å². The van der Waals surface area contributed by atoms with Gasteiger partial charge in [0.15, 0.2) is 5.13 Å². The van der Waals surface area contributed by atoms with Crippen LogP contribution in [0.4, 0.5) is 5.13 Å². The van der Waals surface area contributed by atoms with Crippen LogP contribution in [0, 0.1) is 0 Å². The van der Waals surface area contributed by atoms with Gasteiger partial charge >= 0.3 is 0 Å². The van der Waals surface area contributed by atoms with Gasteiger partial charge < -0.3 is 14.8 Å². The van der Waals surface area contributed by atoms with Gasteiger partial charge in [-0.15, -0.1) is 23.1 Å². The molecule has 0 radical (unpaired) electrons. The van der Waals surface area contributed by atoms with E-state index in [4.69, 9.17) is 9.47 Å². The number of rotatable bonds is 10. The number of nitrogens with zero attached hydrogens (tertiary/aromatic N) is 1. The molecule has 162 valence electrons. The average Bonchev–Trinajstić information content (AvgIpc) is 3.26. The Morgan fingerprint density at radius 1 is 1.10 bits per heavy atom. The fourth-order valence-corrected chi connectivity index (χ4v) is 4.33. The molecular formula is C22H23N3O4S2. The summed E-state index contributed by atoms with van der Waals surface area (Å²) in [5, 5.41) is 7.98. The fourth-order valence-electron chi connectivity index (χ4n) is 2.74. The van der Waals surface area contributed by atoms with E-state index in [0.717, 1.165) is 21.9 Å². The molecule has 1 aromatic heterocycles. The van der Waals surface area contributed by atoms with Gasteiger partial charge in [0.25, 0.3) is 5.91 Å². The molecule has 0 fully saturated rings.